The number of hydrogen-bond donors (Lipinski definition) is 0. The molecule has 0 bridgehead atoms. The molecule has 0 saturated heterocycles. The van der Waals surface area contributed by atoms with Crippen LogP contribution in [0.1, 0.15) is 79.7 Å². The molecular formula is C23H39N3O2S. The number of carbonyl (C=O) groups excluding carboxylic acids is 2. The minimum Gasteiger partial charge on any atom is -0.349 e. The van der Waals surface area contributed by atoms with Crippen LogP contribution in [0.25, 0.3) is 0 Å². The monoisotopic (exact) mass is 421 g/mol. The summed E-state index contributed by atoms with van der Waals surface area (Å²) in [6, 6.07) is 0. The van der Waals surface area contributed by atoms with Crippen molar-refractivity contribution < 1.29 is 9.59 Å². The van der Waals surface area contributed by atoms with E-state index in [0.717, 1.165) is 35.9 Å². The Balaban J connectivity index is 2.45. The fraction of sp³-hybridized carbons (Fsp3) is 0.783. The molecule has 5 nitrogen and oxygen atoms in total. The highest BCUT2D eigenvalue weighted by Crippen LogP contribution is 2.56. The van der Waals surface area contributed by atoms with Crippen LogP contribution < -0.4 is 4.67 Å². The zero-order valence-electron chi connectivity index (χ0n) is 19.8. The molecule has 0 aromatic carbocycles. The van der Waals surface area contributed by atoms with Crippen LogP contribution in [0.15, 0.2) is 11.2 Å². The Morgan fingerprint density at radius 2 is 1.90 bits per heavy atom. The molecule has 0 radical (unpaired) electrons. The molecule has 2 amide bonds. The molecule has 2 atom stereocenters. The number of nitrogens with zero attached hydrogens (tertiary/aromatic N) is 3. The number of unbranched alkanes of at least 4 members (excludes halogenated alkanes) is 1. The van der Waals surface area contributed by atoms with Crippen molar-refractivity contribution in [2.24, 2.45) is 21.7 Å². The van der Waals surface area contributed by atoms with Gasteiger partial charge in [-0.25, -0.2) is 4.99 Å². The van der Waals surface area contributed by atoms with Gasteiger partial charge in [0.05, 0.1) is 5.41 Å². The summed E-state index contributed by atoms with van der Waals surface area (Å²) in [5.74, 6) is -0.127. The Labute approximate surface area is 180 Å². The quantitative estimate of drug-likeness (QED) is 0.697. The van der Waals surface area contributed by atoms with Crippen molar-refractivity contribution in [1.82, 2.24) is 8.86 Å². The van der Waals surface area contributed by atoms with Gasteiger partial charge in [-0.1, -0.05) is 34.1 Å². The van der Waals surface area contributed by atoms with Crippen LogP contribution in [0.5, 0.6) is 0 Å². The topological polar surface area (TPSA) is 54.7 Å². The van der Waals surface area contributed by atoms with E-state index >= 15 is 0 Å². The predicted octanol–water partition coefficient (Wildman–Crippen LogP) is 4.61. The SMILES string of the molecule is CCCCc1cn(C(C)(C)C)sc1=NC(=O)C1(C)CCC(C(=O)N(C)C)C1(C)C. The van der Waals surface area contributed by atoms with Gasteiger partial charge in [-0.15, -0.1) is 0 Å². The minimum absolute atomic E-state index is 0.0395. The first-order valence-electron chi connectivity index (χ1n) is 10.8. The van der Waals surface area contributed by atoms with Crippen LogP contribution in [0.3, 0.4) is 0 Å². The zero-order valence-corrected chi connectivity index (χ0v) is 20.6. The molecule has 1 aliphatic carbocycles. The van der Waals surface area contributed by atoms with Crippen molar-refractivity contribution in [1.29, 1.82) is 0 Å². The molecule has 1 aromatic rings. The normalized spacial score (nSPS) is 24.7. The Hall–Kier alpha value is -1.43. The highest BCUT2D eigenvalue weighted by atomic mass is 32.1. The van der Waals surface area contributed by atoms with Crippen LogP contribution >= 0.6 is 11.5 Å². The van der Waals surface area contributed by atoms with Crippen LogP contribution in [0, 0.1) is 16.7 Å². The highest BCUT2D eigenvalue weighted by Gasteiger charge is 2.58. The molecule has 1 fully saturated rings. The third kappa shape index (κ3) is 4.52. The molecule has 0 N–H and O–H groups in total. The van der Waals surface area contributed by atoms with Crippen LogP contribution in [-0.2, 0) is 21.5 Å². The van der Waals surface area contributed by atoms with Crippen molar-refractivity contribution in [3.63, 3.8) is 0 Å². The van der Waals surface area contributed by atoms with E-state index < -0.39 is 10.8 Å². The number of rotatable bonds is 5. The highest BCUT2D eigenvalue weighted by molar-refractivity contribution is 7.04. The molecule has 0 aliphatic heterocycles. The molecular weight excluding hydrogens is 382 g/mol. The predicted molar refractivity (Wildman–Crippen MR) is 120 cm³/mol. The molecule has 6 heteroatoms. The average Bonchev–Trinajstić information content (AvgIpc) is 3.11. The summed E-state index contributed by atoms with van der Waals surface area (Å²) < 4.78 is 3.03. The largest absolute Gasteiger partial charge is 0.349 e. The first-order valence-corrected chi connectivity index (χ1v) is 11.6. The second-order valence-corrected chi connectivity index (χ2v) is 11.4. The van der Waals surface area contributed by atoms with E-state index in [-0.39, 0.29) is 23.3 Å². The molecule has 1 heterocycles. The van der Waals surface area contributed by atoms with E-state index in [4.69, 9.17) is 0 Å². The van der Waals surface area contributed by atoms with Gasteiger partial charge >= 0.3 is 0 Å². The third-order valence-corrected chi connectivity index (χ3v) is 8.21. The fourth-order valence-electron chi connectivity index (χ4n) is 4.18. The maximum Gasteiger partial charge on any atom is 0.253 e. The van der Waals surface area contributed by atoms with Gasteiger partial charge in [0.15, 0.2) is 0 Å². The van der Waals surface area contributed by atoms with Crippen molar-refractivity contribution >= 4 is 23.3 Å². The van der Waals surface area contributed by atoms with Gasteiger partial charge in [-0.2, -0.15) is 0 Å². The van der Waals surface area contributed by atoms with E-state index in [2.05, 4.69) is 56.7 Å². The van der Waals surface area contributed by atoms with Crippen molar-refractivity contribution in [3.05, 3.63) is 16.4 Å². The van der Waals surface area contributed by atoms with E-state index in [1.807, 2.05) is 6.92 Å². The molecule has 2 unspecified atom stereocenters. The van der Waals surface area contributed by atoms with E-state index in [0.29, 0.717) is 6.42 Å². The van der Waals surface area contributed by atoms with Gasteiger partial charge < -0.3 is 4.90 Å². The maximum atomic E-state index is 13.5. The molecule has 29 heavy (non-hydrogen) atoms. The van der Waals surface area contributed by atoms with Gasteiger partial charge in [0.25, 0.3) is 5.91 Å². The number of carbonyl (C=O) groups is 2. The first-order chi connectivity index (χ1) is 13.3. The average molecular weight is 422 g/mol. The lowest BCUT2D eigenvalue weighted by atomic mass is 9.65. The Morgan fingerprint density at radius 3 is 2.41 bits per heavy atom. The summed E-state index contributed by atoms with van der Waals surface area (Å²) in [4.78, 5) is 32.5. The zero-order chi connectivity index (χ0) is 22.2. The summed E-state index contributed by atoms with van der Waals surface area (Å²) >= 11 is 1.57. The van der Waals surface area contributed by atoms with Gasteiger partial charge in [-0.3, -0.25) is 13.5 Å². The van der Waals surface area contributed by atoms with Crippen molar-refractivity contribution in [2.45, 2.75) is 86.1 Å². The van der Waals surface area contributed by atoms with Gasteiger partial charge in [-0.05, 0) is 63.4 Å². The second-order valence-electron chi connectivity index (χ2n) is 10.4. The Bertz CT molecular complexity index is 826. The summed E-state index contributed by atoms with van der Waals surface area (Å²) in [5.41, 5.74) is 0.0420. The van der Waals surface area contributed by atoms with E-state index in [9.17, 15) is 9.59 Å². The maximum absolute atomic E-state index is 13.5. The lowest BCUT2D eigenvalue weighted by molar-refractivity contribution is -0.140. The number of aryl methyl sites for hydroxylation is 1. The second kappa shape index (κ2) is 8.37. The third-order valence-electron chi connectivity index (χ3n) is 6.83. The molecule has 2 rings (SSSR count). The lowest BCUT2D eigenvalue weighted by Crippen LogP contribution is -2.45. The molecule has 0 spiro atoms. The standard InChI is InChI=1S/C23H39N3O2S/c1-10-11-12-16-15-26(21(2,3)4)29-18(16)24-20(28)23(7)14-13-17(22(23,5)6)19(27)25(8)9/h15,17H,10-14H2,1-9H3. The van der Waals surface area contributed by atoms with Gasteiger partial charge in [0.1, 0.15) is 4.67 Å². The molecule has 1 aliphatic rings. The Morgan fingerprint density at radius 1 is 1.28 bits per heavy atom. The first kappa shape index (κ1) is 23.8. The summed E-state index contributed by atoms with van der Waals surface area (Å²) in [5, 5.41) is 0. The number of hydrogen-bond acceptors (Lipinski definition) is 3. The lowest BCUT2D eigenvalue weighted by Gasteiger charge is -2.39. The molecule has 1 saturated carbocycles. The van der Waals surface area contributed by atoms with Crippen molar-refractivity contribution in [3.8, 4) is 0 Å². The van der Waals surface area contributed by atoms with Gasteiger partial charge in [0.2, 0.25) is 5.91 Å². The smallest absolute Gasteiger partial charge is 0.253 e. The fourth-order valence-corrected chi connectivity index (χ4v) is 5.21. The van der Waals surface area contributed by atoms with E-state index in [1.54, 1.807) is 30.5 Å². The van der Waals surface area contributed by atoms with E-state index in [1.165, 1.54) is 0 Å². The summed E-state index contributed by atoms with van der Waals surface area (Å²) in [6.07, 6.45) is 6.72. The summed E-state index contributed by atoms with van der Waals surface area (Å²) in [6.45, 7) is 14.8. The van der Waals surface area contributed by atoms with Crippen LogP contribution in [0.2, 0.25) is 0 Å². The minimum atomic E-state index is -0.637. The molecule has 1 aromatic heterocycles. The van der Waals surface area contributed by atoms with Crippen LogP contribution in [-0.4, -0.2) is 34.8 Å². The van der Waals surface area contributed by atoms with Crippen LogP contribution in [0.4, 0.5) is 0 Å². The molecule has 164 valence electrons. The van der Waals surface area contributed by atoms with Crippen molar-refractivity contribution in [2.75, 3.05) is 14.1 Å². The number of aromatic nitrogens is 1. The summed E-state index contributed by atoms with van der Waals surface area (Å²) in [7, 11) is 3.58. The number of amides is 2. The Kier molecular flexibility index (Phi) is 6.88. The van der Waals surface area contributed by atoms with Gasteiger partial charge in [0, 0.05) is 37.3 Å².